The first-order valence-corrected chi connectivity index (χ1v) is 8.38. The Hall–Kier alpha value is -2.34. The van der Waals surface area contributed by atoms with E-state index in [0.29, 0.717) is 12.2 Å². The van der Waals surface area contributed by atoms with Crippen molar-refractivity contribution in [1.29, 1.82) is 0 Å². The minimum Gasteiger partial charge on any atom is -0.329 e. The number of thioether (sulfide) groups is 1. The Balaban J connectivity index is 1.65. The number of imidazole rings is 1. The number of aryl methyl sites for hydroxylation is 2. The third-order valence-electron chi connectivity index (χ3n) is 3.46. The summed E-state index contributed by atoms with van der Waals surface area (Å²) in [5.41, 5.74) is 2.60. The summed E-state index contributed by atoms with van der Waals surface area (Å²) >= 11 is 1.58. The molecule has 2 heterocycles. The summed E-state index contributed by atoms with van der Waals surface area (Å²) in [6.45, 7) is 1.93. The van der Waals surface area contributed by atoms with Gasteiger partial charge in [-0.05, 0) is 19.1 Å². The predicted molar refractivity (Wildman–Crippen MR) is 93.7 cm³/mol. The van der Waals surface area contributed by atoms with Crippen molar-refractivity contribution < 1.29 is 4.79 Å². The number of carbonyl (C=O) groups excluding carboxylic acids is 1. The number of hydrogen-bond donors (Lipinski definition) is 1. The highest BCUT2D eigenvalue weighted by Crippen LogP contribution is 2.23. The molecular weight excluding hydrogens is 308 g/mol. The molecule has 0 aliphatic heterocycles. The van der Waals surface area contributed by atoms with Gasteiger partial charge in [-0.3, -0.25) is 9.78 Å². The van der Waals surface area contributed by atoms with E-state index in [4.69, 9.17) is 0 Å². The van der Waals surface area contributed by atoms with Gasteiger partial charge in [0.15, 0.2) is 5.16 Å². The van der Waals surface area contributed by atoms with Crippen LogP contribution < -0.4 is 5.32 Å². The lowest BCUT2D eigenvalue weighted by atomic mass is 10.1. The lowest BCUT2D eigenvalue weighted by Gasteiger charge is -2.09. The van der Waals surface area contributed by atoms with Crippen LogP contribution in [0.2, 0.25) is 0 Å². The van der Waals surface area contributed by atoms with Crippen molar-refractivity contribution >= 4 is 34.3 Å². The number of nitrogens with one attached hydrogen (secondary N) is 1. The quantitative estimate of drug-likeness (QED) is 0.730. The minimum absolute atomic E-state index is 0.00228. The minimum atomic E-state index is 0.00228. The fourth-order valence-corrected chi connectivity index (χ4v) is 3.22. The molecule has 0 bridgehead atoms. The molecular formula is C17H18N4OS. The van der Waals surface area contributed by atoms with E-state index in [1.54, 1.807) is 18.0 Å². The van der Waals surface area contributed by atoms with E-state index < -0.39 is 0 Å². The summed E-state index contributed by atoms with van der Waals surface area (Å²) in [7, 11) is 1.95. The number of hydrogen-bond acceptors (Lipinski definition) is 4. The molecule has 0 spiro atoms. The maximum atomic E-state index is 12.2. The monoisotopic (exact) mass is 326 g/mol. The molecule has 1 N–H and O–H groups in total. The third-order valence-corrected chi connectivity index (χ3v) is 4.52. The maximum Gasteiger partial charge on any atom is 0.225 e. The highest BCUT2D eigenvalue weighted by molar-refractivity contribution is 7.99. The molecule has 0 atom stereocenters. The van der Waals surface area contributed by atoms with Gasteiger partial charge in [0.25, 0.3) is 0 Å². The van der Waals surface area contributed by atoms with E-state index in [9.17, 15) is 4.79 Å². The van der Waals surface area contributed by atoms with Gasteiger partial charge in [0.2, 0.25) is 5.91 Å². The highest BCUT2D eigenvalue weighted by Gasteiger charge is 2.08. The lowest BCUT2D eigenvalue weighted by Crippen LogP contribution is -2.13. The molecule has 1 amide bonds. The number of benzene rings is 1. The highest BCUT2D eigenvalue weighted by atomic mass is 32.2. The molecule has 23 heavy (non-hydrogen) atoms. The predicted octanol–water partition coefficient (Wildman–Crippen LogP) is 3.40. The van der Waals surface area contributed by atoms with Gasteiger partial charge in [-0.1, -0.05) is 30.0 Å². The number of anilines is 1. The molecule has 0 aliphatic rings. The first-order chi connectivity index (χ1) is 11.1. The smallest absolute Gasteiger partial charge is 0.225 e. The van der Waals surface area contributed by atoms with Crippen LogP contribution in [-0.4, -0.2) is 26.2 Å². The SMILES string of the molecule is Cc1cc(NC(=O)CCSc2nccn2C)c2ccccc2n1. The van der Waals surface area contributed by atoms with E-state index in [1.165, 1.54) is 0 Å². The van der Waals surface area contributed by atoms with Gasteiger partial charge in [0.05, 0.1) is 11.2 Å². The van der Waals surface area contributed by atoms with Crippen LogP contribution >= 0.6 is 11.8 Å². The molecule has 2 aromatic heterocycles. The largest absolute Gasteiger partial charge is 0.329 e. The average molecular weight is 326 g/mol. The number of fused-ring (bicyclic) bond motifs is 1. The van der Waals surface area contributed by atoms with Crippen LogP contribution in [0.3, 0.4) is 0 Å². The molecule has 0 saturated heterocycles. The van der Waals surface area contributed by atoms with Crippen LogP contribution in [0, 0.1) is 6.92 Å². The second-order valence-electron chi connectivity index (χ2n) is 5.30. The van der Waals surface area contributed by atoms with Gasteiger partial charge >= 0.3 is 0 Å². The molecule has 0 unspecified atom stereocenters. The molecule has 3 rings (SSSR count). The van der Waals surface area contributed by atoms with Crippen LogP contribution in [-0.2, 0) is 11.8 Å². The van der Waals surface area contributed by atoms with Crippen molar-refractivity contribution in [1.82, 2.24) is 14.5 Å². The topological polar surface area (TPSA) is 59.8 Å². The summed E-state index contributed by atoms with van der Waals surface area (Å²) in [6, 6.07) is 9.73. The van der Waals surface area contributed by atoms with Crippen molar-refractivity contribution in [2.45, 2.75) is 18.5 Å². The average Bonchev–Trinajstić information content (AvgIpc) is 2.92. The molecule has 118 valence electrons. The first-order valence-electron chi connectivity index (χ1n) is 7.40. The fraction of sp³-hybridized carbons (Fsp3) is 0.235. The Labute approximate surface area is 139 Å². The van der Waals surface area contributed by atoms with Gasteiger partial charge in [0.1, 0.15) is 0 Å². The maximum absolute atomic E-state index is 12.2. The Bertz CT molecular complexity index is 843. The number of amides is 1. The second kappa shape index (κ2) is 6.83. The summed E-state index contributed by atoms with van der Waals surface area (Å²) in [6.07, 6.45) is 4.09. The van der Waals surface area contributed by atoms with Crippen molar-refractivity contribution in [3.05, 3.63) is 48.4 Å². The number of nitrogens with zero attached hydrogens (tertiary/aromatic N) is 3. The zero-order valence-electron chi connectivity index (χ0n) is 13.1. The van der Waals surface area contributed by atoms with Crippen LogP contribution in [0.5, 0.6) is 0 Å². The summed E-state index contributed by atoms with van der Waals surface area (Å²) < 4.78 is 1.95. The molecule has 5 nitrogen and oxygen atoms in total. The number of aromatic nitrogens is 3. The second-order valence-corrected chi connectivity index (χ2v) is 6.36. The standard InChI is InChI=1S/C17H18N4OS/c1-12-11-15(13-5-3-4-6-14(13)19-12)20-16(22)7-10-23-17-18-8-9-21(17)2/h3-6,8-9,11H,7,10H2,1-2H3,(H,19,20,22). The Morgan fingerprint density at radius 2 is 2.17 bits per heavy atom. The lowest BCUT2D eigenvalue weighted by molar-refractivity contribution is -0.115. The van der Waals surface area contributed by atoms with E-state index in [2.05, 4.69) is 15.3 Å². The molecule has 0 saturated carbocycles. The summed E-state index contributed by atoms with van der Waals surface area (Å²) in [4.78, 5) is 20.9. The van der Waals surface area contributed by atoms with Crippen LogP contribution in [0.25, 0.3) is 10.9 Å². The van der Waals surface area contributed by atoms with Gasteiger partial charge < -0.3 is 9.88 Å². The van der Waals surface area contributed by atoms with Gasteiger partial charge in [-0.25, -0.2) is 4.98 Å². The van der Waals surface area contributed by atoms with E-state index in [-0.39, 0.29) is 5.91 Å². The molecule has 6 heteroatoms. The van der Waals surface area contributed by atoms with Gasteiger partial charge in [-0.2, -0.15) is 0 Å². The number of carbonyl (C=O) groups is 1. The van der Waals surface area contributed by atoms with Crippen LogP contribution in [0.1, 0.15) is 12.1 Å². The molecule has 0 radical (unpaired) electrons. The molecule has 0 aliphatic carbocycles. The van der Waals surface area contributed by atoms with Gasteiger partial charge in [0, 0.05) is 42.7 Å². The zero-order chi connectivity index (χ0) is 16.2. The van der Waals surface area contributed by atoms with Gasteiger partial charge in [-0.15, -0.1) is 0 Å². The first kappa shape index (κ1) is 15.6. The normalized spacial score (nSPS) is 10.9. The zero-order valence-corrected chi connectivity index (χ0v) is 13.9. The third kappa shape index (κ3) is 3.71. The van der Waals surface area contributed by atoms with Crippen molar-refractivity contribution in [2.75, 3.05) is 11.1 Å². The van der Waals surface area contributed by atoms with Crippen molar-refractivity contribution in [3.63, 3.8) is 0 Å². The van der Waals surface area contributed by atoms with E-state index >= 15 is 0 Å². The Morgan fingerprint density at radius 1 is 1.35 bits per heavy atom. The summed E-state index contributed by atoms with van der Waals surface area (Å²) in [5, 5.41) is 4.88. The van der Waals surface area contributed by atoms with Crippen molar-refractivity contribution in [2.24, 2.45) is 7.05 Å². The number of pyridine rings is 1. The Morgan fingerprint density at radius 3 is 2.96 bits per heavy atom. The van der Waals surface area contributed by atoms with Crippen molar-refractivity contribution in [3.8, 4) is 0 Å². The van der Waals surface area contributed by atoms with E-state index in [1.807, 2.05) is 55.1 Å². The molecule has 3 aromatic rings. The summed E-state index contributed by atoms with van der Waals surface area (Å²) in [5.74, 6) is 0.695. The van der Waals surface area contributed by atoms with Crippen LogP contribution in [0.15, 0.2) is 47.9 Å². The Kier molecular flexibility index (Phi) is 4.62. The van der Waals surface area contributed by atoms with E-state index in [0.717, 1.165) is 27.4 Å². The molecule has 0 fully saturated rings. The number of para-hydroxylation sites is 1. The van der Waals surface area contributed by atoms with Crippen LogP contribution in [0.4, 0.5) is 5.69 Å². The molecule has 1 aromatic carbocycles. The fourth-order valence-electron chi connectivity index (χ4n) is 2.35. The number of rotatable bonds is 5.